The second-order valence-corrected chi connectivity index (χ2v) is 7.79. The van der Waals surface area contributed by atoms with Crippen molar-refractivity contribution in [1.29, 1.82) is 0 Å². The van der Waals surface area contributed by atoms with Crippen LogP contribution in [0.25, 0.3) is 16.5 Å². The van der Waals surface area contributed by atoms with Crippen molar-refractivity contribution in [1.82, 2.24) is 14.9 Å². The molecule has 0 unspecified atom stereocenters. The predicted molar refractivity (Wildman–Crippen MR) is 125 cm³/mol. The van der Waals surface area contributed by atoms with Gasteiger partial charge in [-0.1, -0.05) is 35.9 Å². The number of piperidine rings is 1. The van der Waals surface area contributed by atoms with Crippen molar-refractivity contribution >= 4 is 28.2 Å². The fourth-order valence-electron chi connectivity index (χ4n) is 4.30. The number of hydrogen-bond donors (Lipinski definition) is 1. The lowest BCUT2D eigenvalue weighted by Crippen LogP contribution is -2.40. The highest BCUT2D eigenvalue weighted by molar-refractivity contribution is 6.45. The minimum absolute atomic E-state index is 0.248. The first-order valence-electron chi connectivity index (χ1n) is 10.8. The Bertz CT molecular complexity index is 1190. The van der Waals surface area contributed by atoms with E-state index in [4.69, 9.17) is 14.2 Å². The molecule has 0 radical (unpaired) electrons. The smallest absolute Gasteiger partial charge is 0.295 e. The van der Waals surface area contributed by atoms with Crippen molar-refractivity contribution in [3.8, 4) is 11.6 Å². The third kappa shape index (κ3) is 4.34. The molecule has 33 heavy (non-hydrogen) atoms. The fourth-order valence-corrected chi connectivity index (χ4v) is 4.30. The summed E-state index contributed by atoms with van der Waals surface area (Å²) >= 11 is 0. The third-order valence-electron chi connectivity index (χ3n) is 5.98. The maximum atomic E-state index is 13.2. The second-order valence-electron chi connectivity index (χ2n) is 7.79. The molecule has 1 aliphatic heterocycles. The molecule has 8 nitrogen and oxygen atoms in total. The molecular formula is C25H27N3O5. The highest BCUT2D eigenvalue weighted by Crippen LogP contribution is 2.34. The van der Waals surface area contributed by atoms with E-state index in [9.17, 15) is 9.59 Å². The summed E-state index contributed by atoms with van der Waals surface area (Å²) in [6.07, 6.45) is 4.39. The normalized spacial score (nSPS) is 13.8. The molecule has 1 fully saturated rings. The highest BCUT2D eigenvalue weighted by Gasteiger charge is 2.30. The van der Waals surface area contributed by atoms with Crippen LogP contribution in [0.4, 0.5) is 0 Å². The van der Waals surface area contributed by atoms with Crippen molar-refractivity contribution in [2.45, 2.75) is 12.8 Å². The van der Waals surface area contributed by atoms with Crippen LogP contribution in [0.3, 0.4) is 0 Å². The van der Waals surface area contributed by atoms with Gasteiger partial charge in [0.15, 0.2) is 0 Å². The molecule has 1 N–H and O–H groups in total. The van der Waals surface area contributed by atoms with E-state index in [0.717, 1.165) is 11.1 Å². The highest BCUT2D eigenvalue weighted by atomic mass is 16.5. The maximum Gasteiger partial charge on any atom is 0.295 e. The van der Waals surface area contributed by atoms with E-state index < -0.39 is 11.7 Å². The zero-order valence-corrected chi connectivity index (χ0v) is 19.0. The van der Waals surface area contributed by atoms with Crippen LogP contribution in [0.5, 0.6) is 11.6 Å². The number of likely N-dealkylation sites (tertiary alicyclic amines) is 1. The van der Waals surface area contributed by atoms with Gasteiger partial charge < -0.3 is 24.1 Å². The van der Waals surface area contributed by atoms with E-state index in [1.54, 1.807) is 12.0 Å². The van der Waals surface area contributed by atoms with Crippen LogP contribution in [-0.4, -0.2) is 67.6 Å². The number of rotatable bonds is 7. The molecule has 1 aromatic carbocycles. The summed E-state index contributed by atoms with van der Waals surface area (Å²) in [5.41, 5.74) is 4.29. The molecule has 1 amide bonds. The number of aromatic nitrogens is 2. The van der Waals surface area contributed by atoms with Gasteiger partial charge in [-0.3, -0.25) is 9.59 Å². The summed E-state index contributed by atoms with van der Waals surface area (Å²) in [5.74, 6) is -0.378. The van der Waals surface area contributed by atoms with Crippen molar-refractivity contribution in [3.05, 3.63) is 59.4 Å². The molecule has 0 bridgehead atoms. The lowest BCUT2D eigenvalue weighted by molar-refractivity contribution is -0.126. The molecule has 1 aliphatic rings. The topological polar surface area (TPSA) is 93.8 Å². The summed E-state index contributed by atoms with van der Waals surface area (Å²) in [4.78, 5) is 35.0. The number of ketones is 1. The number of Topliss-reactive ketones (excluding diaryl/α,β-unsaturated/α-hetero) is 1. The first-order valence-corrected chi connectivity index (χ1v) is 10.8. The van der Waals surface area contributed by atoms with Crippen LogP contribution in [0.1, 0.15) is 28.8 Å². The predicted octanol–water partition coefficient (Wildman–Crippen LogP) is 3.49. The molecule has 1 saturated heterocycles. The van der Waals surface area contributed by atoms with Gasteiger partial charge in [-0.25, -0.2) is 4.98 Å². The number of fused-ring (bicyclic) bond motifs is 1. The van der Waals surface area contributed by atoms with Gasteiger partial charge in [0.05, 0.1) is 38.0 Å². The van der Waals surface area contributed by atoms with Gasteiger partial charge >= 0.3 is 0 Å². The molecular weight excluding hydrogens is 422 g/mol. The number of ether oxygens (including phenoxy) is 3. The van der Waals surface area contributed by atoms with E-state index in [0.29, 0.717) is 55.1 Å². The van der Waals surface area contributed by atoms with Crippen molar-refractivity contribution < 1.29 is 23.8 Å². The van der Waals surface area contributed by atoms with Crippen LogP contribution in [-0.2, 0) is 9.53 Å². The monoisotopic (exact) mass is 449 g/mol. The van der Waals surface area contributed by atoms with E-state index in [-0.39, 0.29) is 5.56 Å². The van der Waals surface area contributed by atoms with Crippen LogP contribution < -0.4 is 9.47 Å². The standard InChI is InChI=1S/C25H27N3O5/c1-31-15-19(16-7-5-4-6-8-16)17-9-11-28(12-10-17)25(30)23(29)18-13-26-22-21(18)20(32-2)14-27-24(22)33-3/h4-8,13-14,26H,9-12,15H2,1-3H3. The Balaban J connectivity index is 1.55. The maximum absolute atomic E-state index is 13.2. The third-order valence-corrected chi connectivity index (χ3v) is 5.98. The van der Waals surface area contributed by atoms with Gasteiger partial charge in [0.2, 0.25) is 5.88 Å². The van der Waals surface area contributed by atoms with Crippen LogP contribution in [0, 0.1) is 0 Å². The van der Waals surface area contributed by atoms with E-state index in [2.05, 4.69) is 22.1 Å². The Hall–Kier alpha value is -3.65. The number of pyridine rings is 1. The number of amides is 1. The number of hydrogen-bond acceptors (Lipinski definition) is 6. The first-order chi connectivity index (χ1) is 16.1. The molecule has 0 saturated carbocycles. The molecule has 3 aromatic rings. The number of carbonyl (C=O) groups is 2. The van der Waals surface area contributed by atoms with Gasteiger partial charge in [0, 0.05) is 26.4 Å². The molecule has 0 atom stereocenters. The van der Waals surface area contributed by atoms with Crippen LogP contribution >= 0.6 is 0 Å². The Morgan fingerprint density at radius 1 is 1.06 bits per heavy atom. The number of benzene rings is 1. The zero-order valence-electron chi connectivity index (χ0n) is 19.0. The van der Waals surface area contributed by atoms with E-state index >= 15 is 0 Å². The summed E-state index contributed by atoms with van der Waals surface area (Å²) in [7, 11) is 4.67. The Morgan fingerprint density at radius 3 is 2.42 bits per heavy atom. The molecule has 4 rings (SSSR count). The van der Waals surface area contributed by atoms with Crippen molar-refractivity contribution in [2.24, 2.45) is 0 Å². The molecule has 3 heterocycles. The lowest BCUT2D eigenvalue weighted by atomic mass is 9.93. The Kier molecular flexibility index (Phi) is 6.74. The van der Waals surface area contributed by atoms with Gasteiger partial charge in [0.1, 0.15) is 11.3 Å². The van der Waals surface area contributed by atoms with Gasteiger partial charge in [0.25, 0.3) is 11.7 Å². The molecule has 0 spiro atoms. The largest absolute Gasteiger partial charge is 0.494 e. The summed E-state index contributed by atoms with van der Waals surface area (Å²) < 4.78 is 16.1. The zero-order chi connectivity index (χ0) is 23.4. The SMILES string of the molecule is COCC(=C1CCN(C(=O)C(=O)c2c[nH]c3c(OC)ncc(OC)c23)CC1)c1ccccc1. The Labute approximate surface area is 192 Å². The number of aromatic amines is 1. The van der Waals surface area contributed by atoms with E-state index in [1.807, 2.05) is 18.2 Å². The van der Waals surface area contributed by atoms with Crippen LogP contribution in [0.15, 0.2) is 48.3 Å². The number of nitrogens with zero attached hydrogens (tertiary/aromatic N) is 2. The van der Waals surface area contributed by atoms with Crippen LogP contribution in [0.2, 0.25) is 0 Å². The lowest BCUT2D eigenvalue weighted by Gasteiger charge is -2.29. The molecule has 8 heteroatoms. The average molecular weight is 450 g/mol. The first kappa shape index (κ1) is 22.5. The molecule has 2 aromatic heterocycles. The minimum atomic E-state index is -0.583. The van der Waals surface area contributed by atoms with Gasteiger partial charge in [-0.05, 0) is 24.0 Å². The summed E-state index contributed by atoms with van der Waals surface area (Å²) in [6, 6.07) is 10.1. The second kappa shape index (κ2) is 9.87. The van der Waals surface area contributed by atoms with Crippen molar-refractivity contribution in [2.75, 3.05) is 41.0 Å². The molecule has 172 valence electrons. The van der Waals surface area contributed by atoms with Crippen molar-refractivity contribution in [3.63, 3.8) is 0 Å². The van der Waals surface area contributed by atoms with Gasteiger partial charge in [-0.2, -0.15) is 0 Å². The molecule has 0 aliphatic carbocycles. The summed E-state index contributed by atoms with van der Waals surface area (Å²) in [6.45, 7) is 1.46. The quantitative estimate of drug-likeness (QED) is 0.438. The fraction of sp³-hybridized carbons (Fsp3) is 0.320. The Morgan fingerprint density at radius 2 is 1.79 bits per heavy atom. The number of methoxy groups -OCH3 is 3. The number of H-pyrrole nitrogens is 1. The number of carbonyl (C=O) groups excluding carboxylic acids is 2. The van der Waals surface area contributed by atoms with E-state index in [1.165, 1.54) is 32.2 Å². The van der Waals surface area contributed by atoms with Gasteiger partial charge in [-0.15, -0.1) is 0 Å². The summed E-state index contributed by atoms with van der Waals surface area (Å²) in [5, 5.41) is 0.492. The average Bonchev–Trinajstić information content (AvgIpc) is 3.32. The minimum Gasteiger partial charge on any atom is -0.494 e. The number of nitrogens with one attached hydrogen (secondary N) is 1.